The van der Waals surface area contributed by atoms with Gasteiger partial charge in [-0.3, -0.25) is 9.59 Å². The first kappa shape index (κ1) is 13.9. The van der Waals surface area contributed by atoms with E-state index in [1.54, 1.807) is 20.9 Å². The summed E-state index contributed by atoms with van der Waals surface area (Å²) in [5.41, 5.74) is -0.596. The number of hydrogen-bond acceptors (Lipinski definition) is 3. The summed E-state index contributed by atoms with van der Waals surface area (Å²) < 4.78 is 0. The third kappa shape index (κ3) is 5.37. The van der Waals surface area contributed by atoms with Crippen molar-refractivity contribution in [1.82, 2.24) is 16.0 Å². The molecular weight excluding hydrogens is 194 g/mol. The van der Waals surface area contributed by atoms with Crippen LogP contribution in [0, 0.1) is 0 Å². The molecule has 0 atom stereocenters. The average Bonchev–Trinajstić information content (AvgIpc) is 2.18. The molecule has 0 aromatic heterocycles. The van der Waals surface area contributed by atoms with Crippen LogP contribution in [-0.2, 0) is 9.59 Å². The summed E-state index contributed by atoms with van der Waals surface area (Å²) in [5, 5.41) is 8.26. The number of carbonyl (C=O) groups excluding carboxylic acids is 2. The van der Waals surface area contributed by atoms with Gasteiger partial charge in [-0.2, -0.15) is 0 Å². The van der Waals surface area contributed by atoms with Gasteiger partial charge in [0.05, 0.1) is 5.54 Å². The van der Waals surface area contributed by atoms with Crippen LogP contribution in [0.3, 0.4) is 0 Å². The van der Waals surface area contributed by atoms with Gasteiger partial charge < -0.3 is 16.0 Å². The van der Waals surface area contributed by atoms with E-state index < -0.39 is 5.54 Å². The molecular formula is C10H21N3O2. The third-order valence-electron chi connectivity index (χ3n) is 2.20. The predicted octanol–water partition coefficient (Wildman–Crippen LogP) is -0.373. The van der Waals surface area contributed by atoms with Crippen LogP contribution in [0.5, 0.6) is 0 Å². The highest BCUT2D eigenvalue weighted by atomic mass is 16.2. The van der Waals surface area contributed by atoms with Gasteiger partial charge in [0.1, 0.15) is 0 Å². The Balaban J connectivity index is 3.78. The molecule has 0 unspecified atom stereocenters. The number of carbonyl (C=O) groups is 2. The van der Waals surface area contributed by atoms with Gasteiger partial charge in [-0.25, -0.2) is 0 Å². The summed E-state index contributed by atoms with van der Waals surface area (Å²) in [4.78, 5) is 22.6. The molecule has 0 aromatic rings. The zero-order valence-electron chi connectivity index (χ0n) is 9.94. The number of hydrogen-bond donors (Lipinski definition) is 3. The predicted molar refractivity (Wildman–Crippen MR) is 59.4 cm³/mol. The van der Waals surface area contributed by atoms with E-state index in [4.69, 9.17) is 0 Å². The molecule has 3 N–H and O–H groups in total. The van der Waals surface area contributed by atoms with Gasteiger partial charge in [0, 0.05) is 19.5 Å². The fraction of sp³-hybridized carbons (Fsp3) is 0.800. The lowest BCUT2D eigenvalue weighted by atomic mass is 10.1. The van der Waals surface area contributed by atoms with Crippen LogP contribution in [0.25, 0.3) is 0 Å². The highest BCUT2D eigenvalue weighted by molar-refractivity contribution is 5.85. The molecule has 0 spiro atoms. The lowest BCUT2D eigenvalue weighted by molar-refractivity contribution is -0.126. The molecule has 0 aliphatic heterocycles. The molecule has 5 heteroatoms. The Morgan fingerprint density at radius 2 is 1.80 bits per heavy atom. The van der Waals surface area contributed by atoms with E-state index in [0.717, 1.165) is 0 Å². The summed E-state index contributed by atoms with van der Waals surface area (Å²) in [6, 6.07) is 0. The van der Waals surface area contributed by atoms with Crippen molar-refractivity contribution in [3.05, 3.63) is 0 Å². The van der Waals surface area contributed by atoms with Crippen molar-refractivity contribution in [3.8, 4) is 0 Å². The van der Waals surface area contributed by atoms with Gasteiger partial charge in [-0.05, 0) is 27.8 Å². The first-order valence-electron chi connectivity index (χ1n) is 5.18. The van der Waals surface area contributed by atoms with Crippen LogP contribution in [0.1, 0.15) is 27.2 Å². The van der Waals surface area contributed by atoms with Crippen molar-refractivity contribution in [2.24, 2.45) is 0 Å². The van der Waals surface area contributed by atoms with Crippen LogP contribution in [0.2, 0.25) is 0 Å². The molecule has 0 bridgehead atoms. The first-order valence-corrected chi connectivity index (χ1v) is 5.18. The SMILES string of the molecule is CCNC(=O)CCNC(=O)C(C)(C)NC. The second-order valence-corrected chi connectivity index (χ2v) is 3.83. The highest BCUT2D eigenvalue weighted by Gasteiger charge is 2.24. The third-order valence-corrected chi connectivity index (χ3v) is 2.20. The summed E-state index contributed by atoms with van der Waals surface area (Å²) in [7, 11) is 1.73. The van der Waals surface area contributed by atoms with E-state index in [1.807, 2.05) is 6.92 Å². The van der Waals surface area contributed by atoms with E-state index in [0.29, 0.717) is 19.5 Å². The summed E-state index contributed by atoms with van der Waals surface area (Å²) in [6.07, 6.45) is 0.319. The smallest absolute Gasteiger partial charge is 0.239 e. The van der Waals surface area contributed by atoms with E-state index in [2.05, 4.69) is 16.0 Å². The van der Waals surface area contributed by atoms with Crippen LogP contribution < -0.4 is 16.0 Å². The van der Waals surface area contributed by atoms with Gasteiger partial charge in [0.2, 0.25) is 11.8 Å². The van der Waals surface area contributed by atoms with Crippen molar-refractivity contribution in [2.75, 3.05) is 20.1 Å². The topological polar surface area (TPSA) is 70.2 Å². The molecule has 0 heterocycles. The molecule has 0 fully saturated rings. The Morgan fingerprint density at radius 1 is 1.20 bits per heavy atom. The minimum atomic E-state index is -0.596. The quantitative estimate of drug-likeness (QED) is 0.566. The van der Waals surface area contributed by atoms with Crippen molar-refractivity contribution in [3.63, 3.8) is 0 Å². The molecule has 0 aliphatic rings. The molecule has 5 nitrogen and oxygen atoms in total. The first-order chi connectivity index (χ1) is 6.94. The van der Waals surface area contributed by atoms with Crippen molar-refractivity contribution in [1.29, 1.82) is 0 Å². The maximum atomic E-state index is 11.5. The molecule has 0 aliphatic carbocycles. The van der Waals surface area contributed by atoms with Crippen LogP contribution >= 0.6 is 0 Å². The minimum Gasteiger partial charge on any atom is -0.356 e. The van der Waals surface area contributed by atoms with E-state index in [9.17, 15) is 9.59 Å². The minimum absolute atomic E-state index is 0.0416. The van der Waals surface area contributed by atoms with Gasteiger partial charge in [0.25, 0.3) is 0 Å². The molecule has 0 radical (unpaired) electrons. The van der Waals surface area contributed by atoms with Crippen LogP contribution in [-0.4, -0.2) is 37.5 Å². The van der Waals surface area contributed by atoms with Crippen molar-refractivity contribution >= 4 is 11.8 Å². The number of nitrogens with one attached hydrogen (secondary N) is 3. The summed E-state index contributed by atoms with van der Waals surface area (Å²) >= 11 is 0. The maximum absolute atomic E-state index is 11.5. The van der Waals surface area contributed by atoms with Crippen LogP contribution in [0.15, 0.2) is 0 Å². The van der Waals surface area contributed by atoms with Gasteiger partial charge in [0.15, 0.2) is 0 Å². The highest BCUT2D eigenvalue weighted by Crippen LogP contribution is 1.99. The molecule has 0 saturated heterocycles. The zero-order valence-corrected chi connectivity index (χ0v) is 9.94. The molecule has 0 saturated carbocycles. The summed E-state index contributed by atoms with van der Waals surface area (Å²) in [5.74, 6) is -0.144. The largest absolute Gasteiger partial charge is 0.356 e. The molecule has 0 rings (SSSR count). The number of likely N-dealkylation sites (N-methyl/N-ethyl adjacent to an activating group) is 1. The second-order valence-electron chi connectivity index (χ2n) is 3.83. The van der Waals surface area contributed by atoms with Gasteiger partial charge >= 0.3 is 0 Å². The fourth-order valence-corrected chi connectivity index (χ4v) is 0.910. The van der Waals surface area contributed by atoms with Crippen molar-refractivity contribution in [2.45, 2.75) is 32.7 Å². The van der Waals surface area contributed by atoms with E-state index >= 15 is 0 Å². The van der Waals surface area contributed by atoms with Gasteiger partial charge in [-0.15, -0.1) is 0 Å². The molecule has 2 amide bonds. The Labute approximate surface area is 91.0 Å². The number of rotatable bonds is 6. The summed E-state index contributed by atoms with van der Waals surface area (Å²) in [6.45, 7) is 6.42. The number of amides is 2. The Kier molecular flexibility index (Phi) is 5.93. The van der Waals surface area contributed by atoms with Crippen molar-refractivity contribution < 1.29 is 9.59 Å². The maximum Gasteiger partial charge on any atom is 0.239 e. The molecule has 15 heavy (non-hydrogen) atoms. The zero-order chi connectivity index (χ0) is 11.9. The Hall–Kier alpha value is -1.10. The Morgan fingerprint density at radius 3 is 2.27 bits per heavy atom. The normalized spacial score (nSPS) is 10.9. The Bertz CT molecular complexity index is 227. The lowest BCUT2D eigenvalue weighted by Crippen LogP contribution is -2.51. The second kappa shape index (κ2) is 6.40. The molecule has 0 aromatic carbocycles. The monoisotopic (exact) mass is 215 g/mol. The van der Waals surface area contributed by atoms with E-state index in [1.165, 1.54) is 0 Å². The lowest BCUT2D eigenvalue weighted by Gasteiger charge is -2.22. The standard InChI is InChI=1S/C10H21N3O2/c1-5-12-8(14)6-7-13-9(15)10(2,3)11-4/h11H,5-7H2,1-4H3,(H,12,14)(H,13,15). The van der Waals surface area contributed by atoms with E-state index in [-0.39, 0.29) is 11.8 Å². The van der Waals surface area contributed by atoms with Crippen LogP contribution in [0.4, 0.5) is 0 Å². The van der Waals surface area contributed by atoms with Gasteiger partial charge in [-0.1, -0.05) is 0 Å². The fourth-order valence-electron chi connectivity index (χ4n) is 0.910. The average molecular weight is 215 g/mol. The molecule has 88 valence electrons.